The molecular formula is C14H15N3O3S. The van der Waals surface area contributed by atoms with Gasteiger partial charge in [0, 0.05) is 36.6 Å². The highest BCUT2D eigenvalue weighted by atomic mass is 32.2. The monoisotopic (exact) mass is 305 g/mol. The van der Waals surface area contributed by atoms with Crippen molar-refractivity contribution in [1.82, 2.24) is 14.3 Å². The Labute approximate surface area is 125 Å². The first-order chi connectivity index (χ1) is 10.1. The molecule has 2 aromatic rings. The van der Waals surface area contributed by atoms with Gasteiger partial charge < -0.3 is 14.4 Å². The number of carbonyl (C=O) groups is 2. The molecule has 1 N–H and O–H groups in total. The Bertz CT molecular complexity index is 685. The van der Waals surface area contributed by atoms with E-state index in [-0.39, 0.29) is 18.4 Å². The summed E-state index contributed by atoms with van der Waals surface area (Å²) in [5, 5.41) is 8.99. The molecule has 1 aliphatic heterocycles. The molecule has 0 bridgehead atoms. The SMILES string of the molecule is O=C(O)CC1CSCCN1C(=O)c1ccc2nccn2c1. The van der Waals surface area contributed by atoms with Crippen LogP contribution in [0.5, 0.6) is 0 Å². The topological polar surface area (TPSA) is 74.9 Å². The van der Waals surface area contributed by atoms with Crippen LogP contribution in [-0.2, 0) is 4.79 Å². The van der Waals surface area contributed by atoms with Crippen LogP contribution in [0, 0.1) is 0 Å². The van der Waals surface area contributed by atoms with Crippen molar-refractivity contribution in [2.75, 3.05) is 18.1 Å². The smallest absolute Gasteiger partial charge is 0.305 e. The third-order valence-electron chi connectivity index (χ3n) is 3.53. The van der Waals surface area contributed by atoms with E-state index in [9.17, 15) is 9.59 Å². The van der Waals surface area contributed by atoms with Crippen molar-refractivity contribution in [3.8, 4) is 0 Å². The Morgan fingerprint density at radius 3 is 3.10 bits per heavy atom. The molecule has 21 heavy (non-hydrogen) atoms. The highest BCUT2D eigenvalue weighted by molar-refractivity contribution is 7.99. The van der Waals surface area contributed by atoms with E-state index in [0.29, 0.717) is 17.9 Å². The van der Waals surface area contributed by atoms with Crippen molar-refractivity contribution in [1.29, 1.82) is 0 Å². The average Bonchev–Trinajstić information content (AvgIpc) is 2.94. The Kier molecular flexibility index (Phi) is 3.83. The summed E-state index contributed by atoms with van der Waals surface area (Å²) in [5.41, 5.74) is 1.34. The second-order valence-electron chi connectivity index (χ2n) is 4.94. The normalized spacial score (nSPS) is 18.9. The minimum Gasteiger partial charge on any atom is -0.481 e. The number of pyridine rings is 1. The van der Waals surface area contributed by atoms with Crippen LogP contribution in [0.25, 0.3) is 5.65 Å². The zero-order valence-corrected chi connectivity index (χ0v) is 12.1. The number of hydrogen-bond donors (Lipinski definition) is 1. The van der Waals surface area contributed by atoms with E-state index in [0.717, 1.165) is 11.4 Å². The lowest BCUT2D eigenvalue weighted by molar-refractivity contribution is -0.138. The molecule has 1 aliphatic rings. The lowest BCUT2D eigenvalue weighted by Crippen LogP contribution is -2.47. The van der Waals surface area contributed by atoms with Gasteiger partial charge >= 0.3 is 5.97 Å². The number of carboxylic acid groups (broad SMARTS) is 1. The summed E-state index contributed by atoms with van der Waals surface area (Å²) in [6.45, 7) is 0.587. The van der Waals surface area contributed by atoms with Gasteiger partial charge in [-0.15, -0.1) is 0 Å². The van der Waals surface area contributed by atoms with Gasteiger partial charge in [-0.3, -0.25) is 9.59 Å². The van der Waals surface area contributed by atoms with Crippen LogP contribution in [0.3, 0.4) is 0 Å². The number of hydrogen-bond acceptors (Lipinski definition) is 4. The molecule has 0 aromatic carbocycles. The molecule has 3 heterocycles. The summed E-state index contributed by atoms with van der Waals surface area (Å²) in [6.07, 6.45) is 5.19. The molecular weight excluding hydrogens is 290 g/mol. The van der Waals surface area contributed by atoms with Gasteiger partial charge in [0.25, 0.3) is 5.91 Å². The lowest BCUT2D eigenvalue weighted by Gasteiger charge is -2.34. The molecule has 7 heteroatoms. The molecule has 0 aliphatic carbocycles. The van der Waals surface area contributed by atoms with Crippen LogP contribution >= 0.6 is 11.8 Å². The summed E-state index contributed by atoms with van der Waals surface area (Å²) in [4.78, 5) is 29.4. The first-order valence-electron chi connectivity index (χ1n) is 6.68. The molecule has 0 saturated carbocycles. The van der Waals surface area contributed by atoms with Gasteiger partial charge in [-0.25, -0.2) is 4.98 Å². The highest BCUT2D eigenvalue weighted by Crippen LogP contribution is 2.21. The standard InChI is InChI=1S/C14H15N3O3S/c18-13(19)7-11-9-21-6-5-17(11)14(20)10-1-2-12-15-3-4-16(12)8-10/h1-4,8,11H,5-7,9H2,(H,18,19). The number of imidazole rings is 1. The number of thioether (sulfide) groups is 1. The Hall–Kier alpha value is -2.02. The van der Waals surface area contributed by atoms with Gasteiger partial charge in [0.05, 0.1) is 18.0 Å². The summed E-state index contributed by atoms with van der Waals surface area (Å²) in [7, 11) is 0. The maximum absolute atomic E-state index is 12.6. The fraction of sp³-hybridized carbons (Fsp3) is 0.357. The molecule has 2 aromatic heterocycles. The van der Waals surface area contributed by atoms with Gasteiger partial charge in [0.15, 0.2) is 0 Å². The number of aromatic nitrogens is 2. The molecule has 1 unspecified atom stereocenters. The van der Waals surface area contributed by atoms with E-state index in [1.165, 1.54) is 0 Å². The van der Waals surface area contributed by atoms with Gasteiger partial charge in [0.2, 0.25) is 0 Å². The molecule has 1 fully saturated rings. The van der Waals surface area contributed by atoms with Crippen molar-refractivity contribution in [3.05, 3.63) is 36.3 Å². The first kappa shape index (κ1) is 13.9. The minimum absolute atomic E-state index is 0.00788. The average molecular weight is 305 g/mol. The van der Waals surface area contributed by atoms with Crippen LogP contribution in [-0.4, -0.2) is 55.4 Å². The number of nitrogens with zero attached hydrogens (tertiary/aromatic N) is 3. The number of fused-ring (bicyclic) bond motifs is 1. The number of carboxylic acids is 1. The summed E-state index contributed by atoms with van der Waals surface area (Å²) < 4.78 is 1.79. The molecule has 1 amide bonds. The predicted octanol–water partition coefficient (Wildman–Crippen LogP) is 1.37. The minimum atomic E-state index is -0.870. The van der Waals surface area contributed by atoms with Gasteiger partial charge in [0.1, 0.15) is 5.65 Å². The third kappa shape index (κ3) is 2.87. The second-order valence-corrected chi connectivity index (χ2v) is 6.09. The van der Waals surface area contributed by atoms with Crippen molar-refractivity contribution in [3.63, 3.8) is 0 Å². The largest absolute Gasteiger partial charge is 0.481 e. The van der Waals surface area contributed by atoms with Crippen LogP contribution in [0.1, 0.15) is 16.8 Å². The fourth-order valence-corrected chi connectivity index (χ4v) is 3.57. The highest BCUT2D eigenvalue weighted by Gasteiger charge is 2.29. The van der Waals surface area contributed by atoms with Crippen molar-refractivity contribution >= 4 is 29.3 Å². The van der Waals surface area contributed by atoms with Crippen LogP contribution in [0.4, 0.5) is 0 Å². The van der Waals surface area contributed by atoms with Crippen LogP contribution in [0.2, 0.25) is 0 Å². The van der Waals surface area contributed by atoms with Gasteiger partial charge in [-0.1, -0.05) is 0 Å². The number of amides is 1. The summed E-state index contributed by atoms with van der Waals surface area (Å²) >= 11 is 1.69. The fourth-order valence-electron chi connectivity index (χ4n) is 2.51. The molecule has 110 valence electrons. The third-order valence-corrected chi connectivity index (χ3v) is 4.63. The molecule has 1 saturated heterocycles. The van der Waals surface area contributed by atoms with Gasteiger partial charge in [-0.05, 0) is 12.1 Å². The summed E-state index contributed by atoms with van der Waals surface area (Å²) in [6, 6.07) is 3.29. The zero-order chi connectivity index (χ0) is 14.8. The van der Waals surface area contributed by atoms with E-state index in [1.807, 2.05) is 0 Å². The van der Waals surface area contributed by atoms with Crippen molar-refractivity contribution in [2.24, 2.45) is 0 Å². The van der Waals surface area contributed by atoms with E-state index in [4.69, 9.17) is 5.11 Å². The Balaban J connectivity index is 1.85. The lowest BCUT2D eigenvalue weighted by atomic mass is 10.1. The van der Waals surface area contributed by atoms with Gasteiger partial charge in [-0.2, -0.15) is 11.8 Å². The Morgan fingerprint density at radius 1 is 1.43 bits per heavy atom. The molecule has 1 atom stereocenters. The van der Waals surface area contributed by atoms with E-state index >= 15 is 0 Å². The Morgan fingerprint density at radius 2 is 2.29 bits per heavy atom. The molecule has 0 radical (unpaired) electrons. The molecule has 6 nitrogen and oxygen atoms in total. The quantitative estimate of drug-likeness (QED) is 0.927. The van der Waals surface area contributed by atoms with E-state index in [2.05, 4.69) is 4.98 Å². The number of aliphatic carboxylic acids is 1. The van der Waals surface area contributed by atoms with E-state index < -0.39 is 5.97 Å². The first-order valence-corrected chi connectivity index (χ1v) is 7.84. The molecule has 0 spiro atoms. The van der Waals surface area contributed by atoms with Crippen LogP contribution < -0.4 is 0 Å². The zero-order valence-electron chi connectivity index (χ0n) is 11.3. The number of carbonyl (C=O) groups excluding carboxylic acids is 1. The van der Waals surface area contributed by atoms with E-state index in [1.54, 1.807) is 51.8 Å². The van der Waals surface area contributed by atoms with Crippen molar-refractivity contribution in [2.45, 2.75) is 12.5 Å². The van der Waals surface area contributed by atoms with Crippen molar-refractivity contribution < 1.29 is 14.7 Å². The maximum atomic E-state index is 12.6. The second kappa shape index (κ2) is 5.77. The summed E-state index contributed by atoms with van der Waals surface area (Å²) in [5.74, 6) is 0.531. The number of rotatable bonds is 3. The van der Waals surface area contributed by atoms with Crippen LogP contribution in [0.15, 0.2) is 30.7 Å². The molecule has 3 rings (SSSR count). The predicted molar refractivity (Wildman–Crippen MR) is 79.6 cm³/mol. The maximum Gasteiger partial charge on any atom is 0.305 e.